The number of ether oxygens (including phenoxy) is 1. The van der Waals surface area contributed by atoms with Gasteiger partial charge in [0.05, 0.1) is 0 Å². The topological polar surface area (TPSA) is 9.23 Å². The van der Waals surface area contributed by atoms with Crippen molar-refractivity contribution in [1.29, 1.82) is 0 Å². The molecule has 0 saturated carbocycles. The molecule has 0 heterocycles. The van der Waals surface area contributed by atoms with Gasteiger partial charge in [-0.2, -0.15) is 0 Å². The first-order valence-corrected chi connectivity index (χ1v) is 6.78. The Balaban J connectivity index is 4.47. The van der Waals surface area contributed by atoms with Crippen LogP contribution in [0.1, 0.15) is 66.2 Å². The quantitative estimate of drug-likeness (QED) is 0.535. The molecule has 0 amide bonds. The van der Waals surface area contributed by atoms with Crippen LogP contribution in [0.2, 0.25) is 0 Å². The Bertz CT molecular complexity index is 157. The lowest BCUT2D eigenvalue weighted by molar-refractivity contribution is -0.0786. The third kappa shape index (κ3) is 5.42. The number of rotatable bonds is 8. The molecule has 0 aliphatic heterocycles. The Morgan fingerprint density at radius 3 is 1.33 bits per heavy atom. The van der Waals surface area contributed by atoms with Gasteiger partial charge in [0.1, 0.15) is 10.1 Å². The van der Waals surface area contributed by atoms with E-state index in [9.17, 15) is 0 Å². The number of alkyl halides is 2. The Kier molecular flexibility index (Phi) is 7.23. The van der Waals surface area contributed by atoms with Crippen LogP contribution < -0.4 is 0 Å². The van der Waals surface area contributed by atoms with Crippen molar-refractivity contribution >= 4 is 23.2 Å². The lowest BCUT2D eigenvalue weighted by Gasteiger charge is -2.36. The van der Waals surface area contributed by atoms with E-state index in [1.54, 1.807) is 0 Å². The van der Waals surface area contributed by atoms with Gasteiger partial charge < -0.3 is 4.74 Å². The van der Waals surface area contributed by atoms with Gasteiger partial charge in [0.15, 0.2) is 0 Å². The van der Waals surface area contributed by atoms with E-state index < -0.39 is 10.1 Å². The summed E-state index contributed by atoms with van der Waals surface area (Å²) >= 11 is 12.8. The normalized spacial score (nSPS) is 19.6. The highest BCUT2D eigenvalue weighted by Gasteiger charge is 2.36. The summed E-state index contributed by atoms with van der Waals surface area (Å²) in [5.74, 6) is 0. The van der Waals surface area contributed by atoms with Crippen molar-refractivity contribution in [2.75, 3.05) is 0 Å². The highest BCUT2D eigenvalue weighted by Crippen LogP contribution is 2.38. The van der Waals surface area contributed by atoms with Crippen LogP contribution in [0.5, 0.6) is 0 Å². The minimum Gasteiger partial charge on any atom is -0.338 e. The minimum absolute atomic E-state index is 0.582. The highest BCUT2D eigenvalue weighted by atomic mass is 35.5. The predicted molar refractivity (Wildman–Crippen MR) is 68.7 cm³/mol. The molecule has 0 N–H and O–H groups in total. The van der Waals surface area contributed by atoms with E-state index in [0.29, 0.717) is 0 Å². The van der Waals surface area contributed by atoms with Crippen molar-refractivity contribution in [3.63, 3.8) is 0 Å². The molecule has 0 aliphatic rings. The van der Waals surface area contributed by atoms with Crippen LogP contribution >= 0.6 is 23.2 Å². The van der Waals surface area contributed by atoms with E-state index in [1.807, 2.05) is 13.8 Å². The molecule has 0 aromatic carbocycles. The van der Waals surface area contributed by atoms with Gasteiger partial charge in [0.2, 0.25) is 0 Å². The third-order valence-electron chi connectivity index (χ3n) is 2.67. The molecular weight excluding hydrogens is 231 g/mol. The van der Waals surface area contributed by atoms with E-state index in [1.165, 1.54) is 0 Å². The van der Waals surface area contributed by atoms with Crippen LogP contribution in [-0.4, -0.2) is 10.1 Å². The summed E-state index contributed by atoms with van der Waals surface area (Å²) in [6, 6.07) is 0. The molecule has 15 heavy (non-hydrogen) atoms. The molecule has 0 spiro atoms. The lowest BCUT2D eigenvalue weighted by atomic mass is 10.1. The summed E-state index contributed by atoms with van der Waals surface area (Å²) in [4.78, 5) is 0. The van der Waals surface area contributed by atoms with Crippen molar-refractivity contribution in [3.8, 4) is 0 Å². The van der Waals surface area contributed by atoms with E-state index >= 15 is 0 Å². The third-order valence-corrected chi connectivity index (χ3v) is 3.74. The van der Waals surface area contributed by atoms with Gasteiger partial charge in [0.25, 0.3) is 0 Å². The SMILES string of the molecule is CCCC(Cl)(CC)OC(Cl)(CC)CCC. The van der Waals surface area contributed by atoms with Crippen molar-refractivity contribution in [1.82, 2.24) is 0 Å². The van der Waals surface area contributed by atoms with Crippen LogP contribution in [0.4, 0.5) is 0 Å². The average molecular weight is 255 g/mol. The van der Waals surface area contributed by atoms with Crippen LogP contribution in [0.15, 0.2) is 0 Å². The van der Waals surface area contributed by atoms with Crippen LogP contribution in [0.3, 0.4) is 0 Å². The second kappa shape index (κ2) is 6.98. The summed E-state index contributed by atoms with van der Waals surface area (Å²) in [6.45, 7) is 8.30. The maximum absolute atomic E-state index is 6.42. The molecule has 0 bridgehead atoms. The van der Waals surface area contributed by atoms with Crippen molar-refractivity contribution in [3.05, 3.63) is 0 Å². The molecule has 0 aromatic rings. The molecule has 0 saturated heterocycles. The average Bonchev–Trinajstić information content (AvgIpc) is 2.18. The summed E-state index contributed by atoms with van der Waals surface area (Å²) < 4.78 is 5.94. The van der Waals surface area contributed by atoms with Gasteiger partial charge in [-0.05, 0) is 25.7 Å². The molecule has 1 nitrogen and oxygen atoms in total. The van der Waals surface area contributed by atoms with Gasteiger partial charge >= 0.3 is 0 Å². The van der Waals surface area contributed by atoms with Gasteiger partial charge in [-0.1, -0.05) is 63.7 Å². The zero-order valence-electron chi connectivity index (χ0n) is 10.4. The Hall–Kier alpha value is 0.540. The van der Waals surface area contributed by atoms with Crippen molar-refractivity contribution < 1.29 is 4.74 Å². The molecule has 2 atom stereocenters. The first-order valence-electron chi connectivity index (χ1n) is 6.03. The van der Waals surface area contributed by atoms with Gasteiger partial charge in [-0.15, -0.1) is 0 Å². The molecule has 0 fully saturated rings. The highest BCUT2D eigenvalue weighted by molar-refractivity contribution is 6.25. The molecule has 3 heteroatoms. The van der Waals surface area contributed by atoms with Crippen LogP contribution in [-0.2, 0) is 4.74 Å². The van der Waals surface area contributed by atoms with Crippen molar-refractivity contribution in [2.24, 2.45) is 0 Å². The summed E-state index contributed by atoms with van der Waals surface area (Å²) in [7, 11) is 0. The maximum Gasteiger partial charge on any atom is 0.143 e. The van der Waals surface area contributed by atoms with Gasteiger partial charge in [0, 0.05) is 0 Å². The number of hydrogen-bond acceptors (Lipinski definition) is 1. The number of hydrogen-bond donors (Lipinski definition) is 0. The van der Waals surface area contributed by atoms with E-state index in [4.69, 9.17) is 27.9 Å². The van der Waals surface area contributed by atoms with Gasteiger partial charge in [-0.3, -0.25) is 0 Å². The summed E-state index contributed by atoms with van der Waals surface area (Å²) in [5.41, 5.74) is 0. The Labute approximate surface area is 104 Å². The molecule has 0 rings (SSSR count). The fourth-order valence-electron chi connectivity index (χ4n) is 1.67. The molecule has 0 radical (unpaired) electrons. The second-order valence-corrected chi connectivity index (χ2v) is 5.45. The lowest BCUT2D eigenvalue weighted by Crippen LogP contribution is -2.37. The van der Waals surface area contributed by atoms with Gasteiger partial charge in [-0.25, -0.2) is 0 Å². The number of halogens is 2. The van der Waals surface area contributed by atoms with Crippen molar-refractivity contribution in [2.45, 2.75) is 76.3 Å². The van der Waals surface area contributed by atoms with E-state index in [2.05, 4.69) is 13.8 Å². The summed E-state index contributed by atoms with van der Waals surface area (Å²) in [5, 5.41) is -1.16. The standard InChI is InChI=1S/C12H24Cl2O/c1-5-9-11(13,7-3)15-12(14,8-4)10-6-2/h5-10H2,1-4H3. The van der Waals surface area contributed by atoms with E-state index in [-0.39, 0.29) is 0 Å². The fourth-order valence-corrected chi connectivity index (χ4v) is 2.39. The zero-order chi connectivity index (χ0) is 11.9. The monoisotopic (exact) mass is 254 g/mol. The Morgan fingerprint density at radius 1 is 0.800 bits per heavy atom. The smallest absolute Gasteiger partial charge is 0.143 e. The largest absolute Gasteiger partial charge is 0.338 e. The first-order chi connectivity index (χ1) is 6.95. The molecule has 2 unspecified atom stereocenters. The fraction of sp³-hybridized carbons (Fsp3) is 1.00. The summed E-state index contributed by atoms with van der Waals surface area (Å²) in [6.07, 6.45) is 5.31. The van der Waals surface area contributed by atoms with Crippen LogP contribution in [0, 0.1) is 0 Å². The maximum atomic E-state index is 6.42. The predicted octanol–water partition coefficient (Wildman–Crippen LogP) is 5.29. The van der Waals surface area contributed by atoms with E-state index in [0.717, 1.165) is 38.5 Å². The molecular formula is C12H24Cl2O. The zero-order valence-corrected chi connectivity index (χ0v) is 11.9. The molecule has 92 valence electrons. The molecule has 0 aliphatic carbocycles. The van der Waals surface area contributed by atoms with Crippen LogP contribution in [0.25, 0.3) is 0 Å². The Morgan fingerprint density at radius 2 is 1.13 bits per heavy atom. The molecule has 0 aromatic heterocycles. The second-order valence-electron chi connectivity index (χ2n) is 4.08. The minimum atomic E-state index is -0.582. The first kappa shape index (κ1) is 15.5.